The summed E-state index contributed by atoms with van der Waals surface area (Å²) in [7, 11) is 1.59. The third kappa shape index (κ3) is 5.73. The summed E-state index contributed by atoms with van der Waals surface area (Å²) in [5.74, 6) is -0.917. The molecule has 3 aromatic carbocycles. The van der Waals surface area contributed by atoms with Crippen LogP contribution >= 0.6 is 23.4 Å². The lowest BCUT2D eigenvalue weighted by molar-refractivity contribution is -0.384. The van der Waals surface area contributed by atoms with Gasteiger partial charge >= 0.3 is 5.97 Å². The van der Waals surface area contributed by atoms with E-state index in [2.05, 4.69) is 4.99 Å². The number of nitro benzene ring substituents is 1. The van der Waals surface area contributed by atoms with E-state index in [1.807, 2.05) is 0 Å². The number of aromatic carboxylic acids is 1. The van der Waals surface area contributed by atoms with E-state index < -0.39 is 10.9 Å². The molecule has 0 aliphatic carbocycles. The lowest BCUT2D eigenvalue weighted by atomic mass is 10.2. The fourth-order valence-electron chi connectivity index (χ4n) is 3.27. The molecule has 1 aliphatic rings. The van der Waals surface area contributed by atoms with Crippen LogP contribution in [0, 0.1) is 10.1 Å². The van der Waals surface area contributed by atoms with E-state index in [0.29, 0.717) is 37.7 Å². The van der Waals surface area contributed by atoms with Crippen LogP contribution in [-0.4, -0.2) is 39.0 Å². The Kier molecular flexibility index (Phi) is 7.37. The second-order valence-electron chi connectivity index (χ2n) is 7.63. The molecule has 1 N–H and O–H groups in total. The van der Waals surface area contributed by atoms with Gasteiger partial charge in [-0.2, -0.15) is 0 Å². The third-order valence-electron chi connectivity index (χ3n) is 5.09. The topological polar surface area (TPSA) is 122 Å². The number of rotatable bonds is 7. The summed E-state index contributed by atoms with van der Waals surface area (Å²) in [6.45, 7) is 0.101. The summed E-state index contributed by atoms with van der Waals surface area (Å²) in [5.41, 5.74) is 1.80. The molecule has 182 valence electrons. The first kappa shape index (κ1) is 25.0. The minimum atomic E-state index is -1.06. The van der Waals surface area contributed by atoms with Gasteiger partial charge in [-0.3, -0.25) is 19.8 Å². The van der Waals surface area contributed by atoms with Crippen molar-refractivity contribution in [2.45, 2.75) is 6.61 Å². The number of thioether (sulfide) groups is 1. The molecule has 36 heavy (non-hydrogen) atoms. The van der Waals surface area contributed by atoms with Gasteiger partial charge in [0, 0.05) is 19.2 Å². The van der Waals surface area contributed by atoms with Gasteiger partial charge in [-0.15, -0.1) is 0 Å². The zero-order chi connectivity index (χ0) is 25.8. The van der Waals surface area contributed by atoms with Crippen LogP contribution in [0.2, 0.25) is 5.02 Å². The van der Waals surface area contributed by atoms with Gasteiger partial charge in [-0.05, 0) is 59.3 Å². The normalized spacial score (nSPS) is 15.5. The standard InChI is InChI=1S/C25H18ClN3O6S/c1-28-23(30)22(36-25(28)27-18-6-3-5-17(13-18)24(31)32)12-15-8-9-21(20(26)11-15)35-14-16-4-2-7-19(10-16)29(33)34/h2-13H,14H2,1H3,(H,31,32)/b22-12-,27-25?. The molecular formula is C25H18ClN3O6S. The smallest absolute Gasteiger partial charge is 0.335 e. The molecular weight excluding hydrogens is 506 g/mol. The molecule has 1 amide bonds. The Bertz CT molecular complexity index is 1440. The van der Waals surface area contributed by atoms with Gasteiger partial charge in [0.25, 0.3) is 11.6 Å². The molecule has 1 aliphatic heterocycles. The largest absolute Gasteiger partial charge is 0.487 e. The Hall–Kier alpha value is -4.15. The van der Waals surface area contributed by atoms with Crippen LogP contribution < -0.4 is 4.74 Å². The first-order chi connectivity index (χ1) is 17.2. The van der Waals surface area contributed by atoms with Crippen molar-refractivity contribution in [1.82, 2.24) is 4.90 Å². The number of nitro groups is 1. The van der Waals surface area contributed by atoms with Crippen molar-refractivity contribution in [2.75, 3.05) is 7.05 Å². The maximum atomic E-state index is 12.7. The Morgan fingerprint density at radius 3 is 2.69 bits per heavy atom. The molecule has 4 rings (SSSR count). The highest BCUT2D eigenvalue weighted by molar-refractivity contribution is 8.18. The number of hydrogen-bond donors (Lipinski definition) is 1. The number of halogens is 1. The minimum absolute atomic E-state index is 0.0228. The first-order valence-corrected chi connectivity index (χ1v) is 11.7. The number of hydrogen-bond acceptors (Lipinski definition) is 7. The van der Waals surface area contributed by atoms with Gasteiger partial charge in [0.15, 0.2) is 5.17 Å². The fraction of sp³-hybridized carbons (Fsp3) is 0.0800. The number of likely N-dealkylation sites (N-methyl/N-ethyl adjacent to an activating group) is 1. The zero-order valence-electron chi connectivity index (χ0n) is 18.8. The van der Waals surface area contributed by atoms with Gasteiger partial charge in [0.05, 0.1) is 26.1 Å². The van der Waals surface area contributed by atoms with Crippen LogP contribution in [0.3, 0.4) is 0 Å². The number of nitrogens with zero attached hydrogens (tertiary/aromatic N) is 3. The molecule has 11 heteroatoms. The minimum Gasteiger partial charge on any atom is -0.487 e. The number of aliphatic imine (C=N–C) groups is 1. The van der Waals surface area contributed by atoms with E-state index in [1.54, 1.807) is 55.6 Å². The van der Waals surface area contributed by atoms with Gasteiger partial charge in [0.1, 0.15) is 12.4 Å². The second-order valence-corrected chi connectivity index (χ2v) is 9.05. The maximum absolute atomic E-state index is 12.7. The van der Waals surface area contributed by atoms with Crippen molar-refractivity contribution in [3.8, 4) is 5.75 Å². The maximum Gasteiger partial charge on any atom is 0.335 e. The van der Waals surface area contributed by atoms with E-state index in [-0.39, 0.29) is 23.8 Å². The number of amides is 1. The number of carbonyl (C=O) groups is 2. The summed E-state index contributed by atoms with van der Waals surface area (Å²) in [6.07, 6.45) is 1.68. The van der Waals surface area contributed by atoms with Crippen molar-refractivity contribution in [1.29, 1.82) is 0 Å². The van der Waals surface area contributed by atoms with Gasteiger partial charge in [0.2, 0.25) is 0 Å². The zero-order valence-corrected chi connectivity index (χ0v) is 20.3. The quantitative estimate of drug-likeness (QED) is 0.237. The fourth-order valence-corrected chi connectivity index (χ4v) is 4.50. The number of amidine groups is 1. The van der Waals surface area contributed by atoms with Crippen molar-refractivity contribution < 1.29 is 24.4 Å². The Labute approximate surface area is 214 Å². The number of carboxylic acids is 1. The van der Waals surface area contributed by atoms with E-state index in [1.165, 1.54) is 29.2 Å². The monoisotopic (exact) mass is 523 g/mol. The van der Waals surface area contributed by atoms with Gasteiger partial charge < -0.3 is 9.84 Å². The Morgan fingerprint density at radius 2 is 1.97 bits per heavy atom. The van der Waals surface area contributed by atoms with Gasteiger partial charge in [-0.25, -0.2) is 9.79 Å². The molecule has 0 saturated carbocycles. The van der Waals surface area contributed by atoms with E-state index in [4.69, 9.17) is 21.4 Å². The average molecular weight is 524 g/mol. The molecule has 0 bridgehead atoms. The Morgan fingerprint density at radius 1 is 1.19 bits per heavy atom. The van der Waals surface area contributed by atoms with E-state index >= 15 is 0 Å². The summed E-state index contributed by atoms with van der Waals surface area (Å²) < 4.78 is 5.71. The average Bonchev–Trinajstić information content (AvgIpc) is 3.11. The number of non-ortho nitro benzene ring substituents is 1. The predicted octanol–water partition coefficient (Wildman–Crippen LogP) is 5.76. The molecule has 1 heterocycles. The van der Waals surface area contributed by atoms with Crippen LogP contribution in [0.5, 0.6) is 5.75 Å². The third-order valence-corrected chi connectivity index (χ3v) is 6.45. The van der Waals surface area contributed by atoms with Gasteiger partial charge in [-0.1, -0.05) is 35.9 Å². The molecule has 1 fully saturated rings. The molecule has 0 spiro atoms. The van der Waals surface area contributed by atoms with Crippen molar-refractivity contribution in [3.05, 3.63) is 103 Å². The van der Waals surface area contributed by atoms with Crippen molar-refractivity contribution in [3.63, 3.8) is 0 Å². The van der Waals surface area contributed by atoms with Crippen LogP contribution in [0.15, 0.2) is 76.6 Å². The molecule has 0 radical (unpaired) electrons. The van der Waals surface area contributed by atoms with Crippen LogP contribution in [-0.2, 0) is 11.4 Å². The lowest BCUT2D eigenvalue weighted by Crippen LogP contribution is -2.23. The number of benzene rings is 3. The molecule has 9 nitrogen and oxygen atoms in total. The van der Waals surface area contributed by atoms with Crippen molar-refractivity contribution in [2.24, 2.45) is 4.99 Å². The van der Waals surface area contributed by atoms with Crippen LogP contribution in [0.25, 0.3) is 6.08 Å². The summed E-state index contributed by atoms with van der Waals surface area (Å²) in [5, 5.41) is 20.8. The van der Waals surface area contributed by atoms with Crippen LogP contribution in [0.1, 0.15) is 21.5 Å². The van der Waals surface area contributed by atoms with E-state index in [9.17, 15) is 19.7 Å². The molecule has 3 aromatic rings. The summed E-state index contributed by atoms with van der Waals surface area (Å²) in [4.78, 5) is 40.6. The highest BCUT2D eigenvalue weighted by Gasteiger charge is 2.30. The summed E-state index contributed by atoms with van der Waals surface area (Å²) >= 11 is 7.53. The molecule has 0 aromatic heterocycles. The van der Waals surface area contributed by atoms with Crippen LogP contribution in [0.4, 0.5) is 11.4 Å². The predicted molar refractivity (Wildman–Crippen MR) is 138 cm³/mol. The lowest BCUT2D eigenvalue weighted by Gasteiger charge is -2.09. The number of carboxylic acid groups (broad SMARTS) is 1. The second kappa shape index (κ2) is 10.6. The molecule has 1 saturated heterocycles. The van der Waals surface area contributed by atoms with Crippen molar-refractivity contribution >= 4 is 57.9 Å². The Balaban J connectivity index is 1.49. The number of ether oxygens (including phenoxy) is 1. The highest BCUT2D eigenvalue weighted by Crippen LogP contribution is 2.35. The molecule has 0 unspecified atom stereocenters. The summed E-state index contributed by atoms with van der Waals surface area (Å²) in [6, 6.07) is 17.3. The first-order valence-electron chi connectivity index (χ1n) is 10.5. The molecule has 0 atom stereocenters. The SMILES string of the molecule is CN1C(=O)/C(=C/c2ccc(OCc3cccc([N+](=O)[O-])c3)c(Cl)c2)SC1=Nc1cccc(C(=O)O)c1. The number of carbonyl (C=O) groups excluding carboxylic acids is 1. The highest BCUT2D eigenvalue weighted by atomic mass is 35.5. The van der Waals surface area contributed by atoms with E-state index in [0.717, 1.165) is 11.8 Å².